The molecule has 1 N–H and O–H groups in total. The Morgan fingerprint density at radius 1 is 1.47 bits per heavy atom. The van der Waals surface area contributed by atoms with Crippen molar-refractivity contribution in [1.29, 1.82) is 0 Å². The Kier molecular flexibility index (Phi) is 4.49. The van der Waals surface area contributed by atoms with Crippen LogP contribution in [0.1, 0.15) is 32.8 Å². The summed E-state index contributed by atoms with van der Waals surface area (Å²) in [5.74, 6) is -0.210. The predicted molar refractivity (Wildman–Crippen MR) is 78.0 cm³/mol. The lowest BCUT2D eigenvalue weighted by Crippen LogP contribution is -2.61. The van der Waals surface area contributed by atoms with Gasteiger partial charge in [0.15, 0.2) is 0 Å². The molecule has 19 heavy (non-hydrogen) atoms. The predicted octanol–water partition coefficient (Wildman–Crippen LogP) is 3.44. The van der Waals surface area contributed by atoms with E-state index in [1.807, 2.05) is 0 Å². The van der Waals surface area contributed by atoms with Crippen LogP contribution in [-0.2, 0) is 6.54 Å². The lowest BCUT2D eigenvalue weighted by atomic mass is 9.97. The summed E-state index contributed by atoms with van der Waals surface area (Å²) in [6.45, 7) is 9.07. The number of piperazine rings is 1. The molecule has 1 unspecified atom stereocenters. The first-order valence-electron chi connectivity index (χ1n) is 6.84. The van der Waals surface area contributed by atoms with Gasteiger partial charge in [-0.1, -0.05) is 24.6 Å². The Balaban J connectivity index is 2.14. The highest BCUT2D eigenvalue weighted by molar-refractivity contribution is 6.30. The molecular weight excluding hydrogens is 263 g/mol. The van der Waals surface area contributed by atoms with Gasteiger partial charge in [0.25, 0.3) is 0 Å². The fourth-order valence-corrected chi connectivity index (χ4v) is 2.83. The van der Waals surface area contributed by atoms with E-state index in [9.17, 15) is 4.39 Å². The van der Waals surface area contributed by atoms with Gasteiger partial charge in [-0.2, -0.15) is 0 Å². The monoisotopic (exact) mass is 284 g/mol. The highest BCUT2D eigenvalue weighted by Gasteiger charge is 2.31. The van der Waals surface area contributed by atoms with E-state index in [1.165, 1.54) is 6.07 Å². The van der Waals surface area contributed by atoms with Crippen LogP contribution in [-0.4, -0.2) is 29.6 Å². The van der Waals surface area contributed by atoms with E-state index in [-0.39, 0.29) is 11.4 Å². The molecule has 1 aromatic carbocycles. The molecule has 2 rings (SSSR count). The van der Waals surface area contributed by atoms with Crippen molar-refractivity contribution in [1.82, 2.24) is 10.2 Å². The van der Waals surface area contributed by atoms with Gasteiger partial charge in [0.1, 0.15) is 5.82 Å². The first-order valence-corrected chi connectivity index (χ1v) is 7.22. The van der Waals surface area contributed by atoms with E-state index in [4.69, 9.17) is 11.6 Å². The summed E-state index contributed by atoms with van der Waals surface area (Å²) in [5, 5.41) is 4.00. The summed E-state index contributed by atoms with van der Waals surface area (Å²) in [7, 11) is 0. The van der Waals surface area contributed by atoms with E-state index in [0.29, 0.717) is 17.6 Å². The van der Waals surface area contributed by atoms with Crippen molar-refractivity contribution in [2.24, 2.45) is 0 Å². The second-order valence-corrected chi connectivity index (χ2v) is 6.40. The fraction of sp³-hybridized carbons (Fsp3) is 0.600. The molecule has 1 heterocycles. The van der Waals surface area contributed by atoms with Gasteiger partial charge in [-0.3, -0.25) is 4.90 Å². The van der Waals surface area contributed by atoms with E-state index < -0.39 is 0 Å². The van der Waals surface area contributed by atoms with E-state index in [2.05, 4.69) is 31.0 Å². The smallest absolute Gasteiger partial charge is 0.129 e. The molecule has 1 aromatic rings. The molecule has 2 nitrogen and oxygen atoms in total. The number of nitrogens with zero attached hydrogens (tertiary/aromatic N) is 1. The quantitative estimate of drug-likeness (QED) is 0.915. The fourth-order valence-electron chi connectivity index (χ4n) is 2.67. The molecule has 1 aliphatic rings. The molecule has 0 spiro atoms. The van der Waals surface area contributed by atoms with Crippen LogP contribution in [0.4, 0.5) is 4.39 Å². The number of nitrogens with one attached hydrogen (secondary N) is 1. The summed E-state index contributed by atoms with van der Waals surface area (Å²) in [6, 6.07) is 5.40. The molecule has 1 atom stereocenters. The van der Waals surface area contributed by atoms with Crippen molar-refractivity contribution < 1.29 is 4.39 Å². The molecule has 0 bridgehead atoms. The number of halogens is 2. The van der Waals surface area contributed by atoms with E-state index in [0.717, 1.165) is 25.1 Å². The first kappa shape index (κ1) is 14.8. The van der Waals surface area contributed by atoms with Gasteiger partial charge in [-0.15, -0.1) is 0 Å². The molecule has 0 aliphatic carbocycles. The van der Waals surface area contributed by atoms with Gasteiger partial charge >= 0.3 is 0 Å². The van der Waals surface area contributed by atoms with Gasteiger partial charge in [-0.25, -0.2) is 4.39 Å². The zero-order chi connectivity index (χ0) is 14.0. The van der Waals surface area contributed by atoms with E-state index in [1.54, 1.807) is 12.1 Å². The summed E-state index contributed by atoms with van der Waals surface area (Å²) < 4.78 is 13.9. The van der Waals surface area contributed by atoms with Crippen molar-refractivity contribution in [3.05, 3.63) is 34.6 Å². The number of benzene rings is 1. The van der Waals surface area contributed by atoms with Crippen LogP contribution in [0.25, 0.3) is 0 Å². The minimum Gasteiger partial charge on any atom is -0.309 e. The van der Waals surface area contributed by atoms with Crippen molar-refractivity contribution in [3.8, 4) is 0 Å². The molecule has 0 aromatic heterocycles. The van der Waals surface area contributed by atoms with Gasteiger partial charge < -0.3 is 5.32 Å². The Bertz CT molecular complexity index is 448. The minimum atomic E-state index is -0.210. The zero-order valence-corrected chi connectivity index (χ0v) is 12.6. The zero-order valence-electron chi connectivity index (χ0n) is 11.8. The Morgan fingerprint density at radius 3 is 2.84 bits per heavy atom. The topological polar surface area (TPSA) is 15.3 Å². The van der Waals surface area contributed by atoms with Crippen LogP contribution >= 0.6 is 11.6 Å². The molecule has 106 valence electrons. The molecule has 1 saturated heterocycles. The normalized spacial score (nSPS) is 23.5. The summed E-state index contributed by atoms with van der Waals surface area (Å²) >= 11 is 5.80. The van der Waals surface area contributed by atoms with Crippen LogP contribution in [0.3, 0.4) is 0 Å². The standard InChI is InChI=1S/C15H22ClFN2/c1-4-13-8-18-15(2,3)10-19(13)9-11-5-6-12(16)7-14(11)17/h5-7,13,18H,4,8-10H2,1-3H3. The maximum absolute atomic E-state index is 13.9. The third-order valence-corrected chi connectivity index (χ3v) is 4.03. The number of hydrogen-bond acceptors (Lipinski definition) is 2. The second kappa shape index (κ2) is 5.78. The van der Waals surface area contributed by atoms with Gasteiger partial charge in [0.2, 0.25) is 0 Å². The Hall–Kier alpha value is -0.640. The van der Waals surface area contributed by atoms with Crippen molar-refractivity contribution in [2.45, 2.75) is 45.3 Å². The maximum Gasteiger partial charge on any atom is 0.129 e. The molecule has 0 amide bonds. The summed E-state index contributed by atoms with van der Waals surface area (Å²) in [4.78, 5) is 2.36. The van der Waals surface area contributed by atoms with Crippen molar-refractivity contribution in [2.75, 3.05) is 13.1 Å². The molecule has 1 fully saturated rings. The summed E-state index contributed by atoms with van der Waals surface area (Å²) in [6.07, 6.45) is 1.07. The number of hydrogen-bond donors (Lipinski definition) is 1. The van der Waals surface area contributed by atoms with Crippen LogP contribution < -0.4 is 5.32 Å². The van der Waals surface area contributed by atoms with Crippen LogP contribution in [0.2, 0.25) is 5.02 Å². The lowest BCUT2D eigenvalue weighted by Gasteiger charge is -2.44. The first-order chi connectivity index (χ1) is 8.91. The maximum atomic E-state index is 13.9. The molecule has 4 heteroatoms. The number of rotatable bonds is 3. The average Bonchev–Trinajstić information content (AvgIpc) is 2.32. The van der Waals surface area contributed by atoms with Crippen LogP contribution in [0.15, 0.2) is 18.2 Å². The largest absolute Gasteiger partial charge is 0.309 e. The van der Waals surface area contributed by atoms with Crippen LogP contribution in [0.5, 0.6) is 0 Å². The molecule has 1 aliphatic heterocycles. The molecule has 0 saturated carbocycles. The highest BCUT2D eigenvalue weighted by atomic mass is 35.5. The average molecular weight is 285 g/mol. The third kappa shape index (κ3) is 3.68. The van der Waals surface area contributed by atoms with Crippen molar-refractivity contribution in [3.63, 3.8) is 0 Å². The van der Waals surface area contributed by atoms with Gasteiger partial charge in [0.05, 0.1) is 0 Å². The Morgan fingerprint density at radius 2 is 2.21 bits per heavy atom. The lowest BCUT2D eigenvalue weighted by molar-refractivity contribution is 0.0848. The minimum absolute atomic E-state index is 0.0779. The van der Waals surface area contributed by atoms with Gasteiger partial charge in [-0.05, 0) is 32.4 Å². The SMILES string of the molecule is CCC1CNC(C)(C)CN1Cc1ccc(Cl)cc1F. The summed E-state index contributed by atoms with van der Waals surface area (Å²) in [5.41, 5.74) is 0.801. The Labute approximate surface area is 119 Å². The van der Waals surface area contributed by atoms with E-state index >= 15 is 0 Å². The van der Waals surface area contributed by atoms with Gasteiger partial charge in [0, 0.05) is 41.8 Å². The molecular formula is C15H22ClFN2. The highest BCUT2D eigenvalue weighted by Crippen LogP contribution is 2.22. The van der Waals surface area contributed by atoms with Crippen molar-refractivity contribution >= 4 is 11.6 Å². The molecule has 0 radical (unpaired) electrons. The third-order valence-electron chi connectivity index (χ3n) is 3.79. The second-order valence-electron chi connectivity index (χ2n) is 5.97. The van der Waals surface area contributed by atoms with Crippen LogP contribution in [0, 0.1) is 5.82 Å².